The first-order valence-electron chi connectivity index (χ1n) is 11.0. The van der Waals surface area contributed by atoms with Crippen LogP contribution in [0.3, 0.4) is 0 Å². The second-order valence-electron chi connectivity index (χ2n) is 8.11. The van der Waals surface area contributed by atoms with E-state index in [9.17, 15) is 9.90 Å². The van der Waals surface area contributed by atoms with Gasteiger partial charge in [-0.15, -0.1) is 0 Å². The molecule has 4 nitrogen and oxygen atoms in total. The van der Waals surface area contributed by atoms with Gasteiger partial charge in [0.2, 0.25) is 11.5 Å². The molecule has 0 saturated carbocycles. The van der Waals surface area contributed by atoms with Crippen LogP contribution in [0, 0.1) is 11.8 Å². The summed E-state index contributed by atoms with van der Waals surface area (Å²) in [6.07, 6.45) is 13.5. The lowest BCUT2D eigenvalue weighted by Crippen LogP contribution is -2.40. The fourth-order valence-electron chi connectivity index (χ4n) is 3.71. The van der Waals surface area contributed by atoms with Crippen LogP contribution in [0.15, 0.2) is 59.1 Å². The molecule has 1 aliphatic rings. The molecule has 0 amide bonds. The van der Waals surface area contributed by atoms with Gasteiger partial charge in [-0.2, -0.15) is 0 Å². The summed E-state index contributed by atoms with van der Waals surface area (Å²) in [7, 11) is 2.89. The van der Waals surface area contributed by atoms with E-state index in [-0.39, 0.29) is 29.1 Å². The normalized spacial score (nSPS) is 23.6. The van der Waals surface area contributed by atoms with Gasteiger partial charge in [0, 0.05) is 11.8 Å². The van der Waals surface area contributed by atoms with Crippen molar-refractivity contribution >= 4 is 5.78 Å². The average molecular weight is 417 g/mol. The van der Waals surface area contributed by atoms with Crippen molar-refractivity contribution in [1.82, 2.24) is 0 Å². The highest BCUT2D eigenvalue weighted by molar-refractivity contribution is 5.97. The van der Waals surface area contributed by atoms with Gasteiger partial charge in [0.05, 0.1) is 14.2 Å². The molecule has 168 valence electrons. The summed E-state index contributed by atoms with van der Waals surface area (Å²) in [6.45, 7) is 12.2. The predicted octanol–water partition coefficient (Wildman–Crippen LogP) is 6.05. The molecule has 1 N–H and O–H groups in total. The Kier molecular flexibility index (Phi) is 11.5. The number of methoxy groups -OCH3 is 2. The Labute approximate surface area is 183 Å². The molecule has 4 heteroatoms. The van der Waals surface area contributed by atoms with Gasteiger partial charge in [-0.05, 0) is 52.4 Å². The second kappa shape index (κ2) is 13.3. The van der Waals surface area contributed by atoms with E-state index in [1.54, 1.807) is 0 Å². The number of hydrogen-bond donors (Lipinski definition) is 1. The van der Waals surface area contributed by atoms with E-state index >= 15 is 0 Å². The number of allylic oxidation sites excluding steroid dienone is 8. The molecule has 0 bridgehead atoms. The number of carbonyl (C=O) groups excluding carboxylic acids is 1. The molecular formula is C26H40O4. The van der Waals surface area contributed by atoms with Crippen molar-refractivity contribution in [3.63, 3.8) is 0 Å². The lowest BCUT2D eigenvalue weighted by molar-refractivity contribution is -0.128. The molecule has 0 heterocycles. The van der Waals surface area contributed by atoms with Crippen molar-refractivity contribution in [2.75, 3.05) is 14.2 Å². The highest BCUT2D eigenvalue weighted by atomic mass is 16.5. The Hall–Kier alpha value is -2.07. The molecule has 0 aliphatic heterocycles. The molecule has 30 heavy (non-hydrogen) atoms. The molecule has 1 rings (SSSR count). The molecule has 0 fully saturated rings. The SMILES string of the molecule is C=C/C(=C\CC/C(C)=C/CC1C(C)C(=O)C(OC)=C(OC)C1O)CC/C=C(/C)CC. The van der Waals surface area contributed by atoms with E-state index in [1.165, 1.54) is 30.9 Å². The first-order valence-corrected chi connectivity index (χ1v) is 11.0. The van der Waals surface area contributed by atoms with Crippen LogP contribution in [0.25, 0.3) is 0 Å². The number of Topliss-reactive ketones (excluding diaryl/α,β-unsaturated/α-hetero) is 1. The van der Waals surface area contributed by atoms with Gasteiger partial charge >= 0.3 is 0 Å². The van der Waals surface area contributed by atoms with Crippen LogP contribution in [0.2, 0.25) is 0 Å². The minimum Gasteiger partial charge on any atom is -0.494 e. The number of ketones is 1. The van der Waals surface area contributed by atoms with E-state index in [0.717, 1.165) is 32.1 Å². The first kappa shape index (κ1) is 26.0. The quantitative estimate of drug-likeness (QED) is 0.311. The zero-order chi connectivity index (χ0) is 22.7. The van der Waals surface area contributed by atoms with Crippen LogP contribution in [-0.2, 0) is 14.3 Å². The number of rotatable bonds is 12. The number of carbonyl (C=O) groups is 1. The third kappa shape index (κ3) is 7.32. The van der Waals surface area contributed by atoms with Crippen LogP contribution in [-0.4, -0.2) is 31.2 Å². The summed E-state index contributed by atoms with van der Waals surface area (Å²) in [6, 6.07) is 0. The monoisotopic (exact) mass is 416 g/mol. The Morgan fingerprint density at radius 1 is 1.07 bits per heavy atom. The molecule has 3 unspecified atom stereocenters. The Morgan fingerprint density at radius 3 is 2.30 bits per heavy atom. The topological polar surface area (TPSA) is 55.8 Å². The third-order valence-electron chi connectivity index (χ3n) is 6.03. The lowest BCUT2D eigenvalue weighted by Gasteiger charge is -2.33. The van der Waals surface area contributed by atoms with E-state index in [4.69, 9.17) is 9.47 Å². The molecule has 3 atom stereocenters. The van der Waals surface area contributed by atoms with Crippen LogP contribution in [0.1, 0.15) is 66.2 Å². The maximum atomic E-state index is 12.5. The van der Waals surface area contributed by atoms with E-state index < -0.39 is 6.10 Å². The van der Waals surface area contributed by atoms with Crippen LogP contribution < -0.4 is 0 Å². The number of hydrogen-bond acceptors (Lipinski definition) is 4. The summed E-state index contributed by atoms with van der Waals surface area (Å²) in [4.78, 5) is 12.5. The zero-order valence-corrected chi connectivity index (χ0v) is 19.7. The fraction of sp³-hybridized carbons (Fsp3) is 0.577. The molecule has 0 aromatic rings. The number of ether oxygens (including phenoxy) is 2. The maximum absolute atomic E-state index is 12.5. The van der Waals surface area contributed by atoms with Crippen LogP contribution >= 0.6 is 0 Å². The zero-order valence-electron chi connectivity index (χ0n) is 19.7. The van der Waals surface area contributed by atoms with Gasteiger partial charge in [-0.1, -0.05) is 61.4 Å². The van der Waals surface area contributed by atoms with E-state index in [1.807, 2.05) is 13.0 Å². The predicted molar refractivity (Wildman–Crippen MR) is 124 cm³/mol. The van der Waals surface area contributed by atoms with Crippen molar-refractivity contribution < 1.29 is 19.4 Å². The summed E-state index contributed by atoms with van der Waals surface area (Å²) in [5, 5.41) is 10.7. The minimum absolute atomic E-state index is 0.110. The van der Waals surface area contributed by atoms with Gasteiger partial charge < -0.3 is 14.6 Å². The molecule has 0 aromatic heterocycles. The summed E-state index contributed by atoms with van der Waals surface area (Å²) in [5.74, 6) is -0.260. The van der Waals surface area contributed by atoms with Crippen molar-refractivity contribution in [3.05, 3.63) is 59.1 Å². The van der Waals surface area contributed by atoms with Crippen molar-refractivity contribution in [3.8, 4) is 0 Å². The Balaban J connectivity index is 2.67. The smallest absolute Gasteiger partial charge is 0.204 e. The number of aliphatic hydroxyl groups excluding tert-OH is 1. The molecular weight excluding hydrogens is 376 g/mol. The maximum Gasteiger partial charge on any atom is 0.204 e. The second-order valence-corrected chi connectivity index (χ2v) is 8.11. The summed E-state index contributed by atoms with van der Waals surface area (Å²) < 4.78 is 10.4. The average Bonchev–Trinajstić information content (AvgIpc) is 2.74. The first-order chi connectivity index (χ1) is 14.3. The fourth-order valence-corrected chi connectivity index (χ4v) is 3.71. The van der Waals surface area contributed by atoms with Crippen molar-refractivity contribution in [1.29, 1.82) is 0 Å². The van der Waals surface area contributed by atoms with Crippen LogP contribution in [0.4, 0.5) is 0 Å². The molecule has 1 aliphatic carbocycles. The highest BCUT2D eigenvalue weighted by Crippen LogP contribution is 2.35. The Bertz CT molecular complexity index is 709. The van der Waals surface area contributed by atoms with Gasteiger partial charge in [0.1, 0.15) is 6.10 Å². The summed E-state index contributed by atoms with van der Waals surface area (Å²) in [5.41, 5.74) is 3.97. The largest absolute Gasteiger partial charge is 0.494 e. The van der Waals surface area contributed by atoms with Gasteiger partial charge in [-0.3, -0.25) is 4.79 Å². The van der Waals surface area contributed by atoms with E-state index in [0.29, 0.717) is 6.42 Å². The van der Waals surface area contributed by atoms with Crippen molar-refractivity contribution in [2.24, 2.45) is 11.8 Å². The van der Waals surface area contributed by atoms with Gasteiger partial charge in [-0.25, -0.2) is 0 Å². The van der Waals surface area contributed by atoms with Gasteiger partial charge in [0.15, 0.2) is 5.76 Å². The standard InChI is InChI=1S/C26H40O4/c1-8-18(3)12-10-14-21(9-2)15-11-13-19(4)16-17-22-20(5)23(27)25(29-6)26(30-7)24(22)28/h9,12,15-16,20,22,24,28H,2,8,10-11,13-14,17H2,1,3-7H3/b18-12-,19-16+,21-15+. The highest BCUT2D eigenvalue weighted by Gasteiger charge is 2.42. The van der Waals surface area contributed by atoms with Crippen molar-refractivity contribution in [2.45, 2.75) is 72.3 Å². The molecule has 0 aromatic carbocycles. The molecule has 0 saturated heterocycles. The Morgan fingerprint density at radius 2 is 1.73 bits per heavy atom. The summed E-state index contributed by atoms with van der Waals surface area (Å²) >= 11 is 0. The molecule has 0 radical (unpaired) electrons. The molecule has 0 spiro atoms. The minimum atomic E-state index is -0.839. The van der Waals surface area contributed by atoms with Gasteiger partial charge in [0.25, 0.3) is 0 Å². The number of aliphatic hydroxyl groups is 1. The third-order valence-corrected chi connectivity index (χ3v) is 6.03. The van der Waals surface area contributed by atoms with Crippen LogP contribution in [0.5, 0.6) is 0 Å². The van der Waals surface area contributed by atoms with E-state index in [2.05, 4.69) is 45.6 Å². The lowest BCUT2D eigenvalue weighted by atomic mass is 9.77.